The number of Topliss-reactive ketones (excluding diaryl/α,β-unsaturated/α-hetero) is 1. The van der Waals surface area contributed by atoms with Crippen molar-refractivity contribution in [1.29, 1.82) is 0 Å². The van der Waals surface area contributed by atoms with Crippen molar-refractivity contribution in [3.63, 3.8) is 0 Å². The summed E-state index contributed by atoms with van der Waals surface area (Å²) in [7, 11) is 0. The molecule has 1 aliphatic heterocycles. The first-order chi connectivity index (χ1) is 5.79. The van der Waals surface area contributed by atoms with Gasteiger partial charge in [-0.1, -0.05) is 30.3 Å². The van der Waals surface area contributed by atoms with Crippen LogP contribution in [0.15, 0.2) is 30.3 Å². The van der Waals surface area contributed by atoms with Crippen molar-refractivity contribution >= 4 is 5.78 Å². The molecule has 1 aliphatic rings. The molecule has 0 amide bonds. The minimum absolute atomic E-state index is 0.100. The fourth-order valence-electron chi connectivity index (χ4n) is 1.23. The highest BCUT2D eigenvalue weighted by atomic mass is 16.6. The van der Waals surface area contributed by atoms with E-state index in [0.717, 1.165) is 5.56 Å². The van der Waals surface area contributed by atoms with Gasteiger partial charge in [-0.05, 0) is 6.92 Å². The molecule has 2 nitrogen and oxygen atoms in total. The van der Waals surface area contributed by atoms with Gasteiger partial charge in [0.1, 0.15) is 6.10 Å². The van der Waals surface area contributed by atoms with Gasteiger partial charge in [-0.25, -0.2) is 0 Å². The first-order valence-corrected chi connectivity index (χ1v) is 4.04. The summed E-state index contributed by atoms with van der Waals surface area (Å²) < 4.78 is 5.08. The molecule has 1 saturated heterocycles. The summed E-state index contributed by atoms with van der Waals surface area (Å²) in [6.07, 6.45) is -0.0786. The Morgan fingerprint density at radius 1 is 1.33 bits per heavy atom. The zero-order valence-corrected chi connectivity index (χ0v) is 6.86. The second-order valence-electron chi connectivity index (χ2n) is 2.99. The number of carbonyl (C=O) groups excluding carboxylic acids is 1. The molecule has 0 radical (unpaired) electrons. The fourth-order valence-corrected chi connectivity index (χ4v) is 1.23. The fraction of sp³-hybridized carbons (Fsp3) is 0.300. The lowest BCUT2D eigenvalue weighted by Gasteiger charge is -1.94. The number of carbonyl (C=O) groups is 1. The third-order valence-corrected chi connectivity index (χ3v) is 2.03. The van der Waals surface area contributed by atoms with E-state index in [1.54, 1.807) is 0 Å². The Hall–Kier alpha value is -1.15. The van der Waals surface area contributed by atoms with Crippen LogP contribution in [0.5, 0.6) is 0 Å². The predicted molar refractivity (Wildman–Crippen MR) is 45.1 cm³/mol. The molecule has 0 aliphatic carbocycles. The lowest BCUT2D eigenvalue weighted by molar-refractivity contribution is 0.0953. The van der Waals surface area contributed by atoms with E-state index in [0.29, 0.717) is 0 Å². The molecule has 1 aromatic rings. The quantitative estimate of drug-likeness (QED) is 0.489. The number of hydrogen-bond donors (Lipinski definition) is 0. The number of ketones is 1. The van der Waals surface area contributed by atoms with Crippen molar-refractivity contribution in [2.24, 2.45) is 0 Å². The average Bonchev–Trinajstić information content (AvgIpc) is 2.83. The summed E-state index contributed by atoms with van der Waals surface area (Å²) in [4.78, 5) is 11.5. The minimum atomic E-state index is -0.188. The van der Waals surface area contributed by atoms with Crippen molar-refractivity contribution in [1.82, 2.24) is 0 Å². The van der Waals surface area contributed by atoms with Crippen molar-refractivity contribution in [2.75, 3.05) is 0 Å². The Bertz CT molecular complexity index is 292. The van der Waals surface area contributed by atoms with Crippen LogP contribution in [0.2, 0.25) is 0 Å². The summed E-state index contributed by atoms with van der Waals surface area (Å²) in [5.74, 6) is 0.100. The number of benzene rings is 1. The molecule has 2 atom stereocenters. The zero-order valence-electron chi connectivity index (χ0n) is 6.86. The van der Waals surface area contributed by atoms with E-state index in [1.807, 2.05) is 37.3 Å². The van der Waals surface area contributed by atoms with Crippen LogP contribution in [0.25, 0.3) is 0 Å². The highest BCUT2D eigenvalue weighted by molar-refractivity contribution is 6.01. The van der Waals surface area contributed by atoms with Gasteiger partial charge >= 0.3 is 0 Å². The topological polar surface area (TPSA) is 29.6 Å². The standard InChI is InChI=1S/C10H10O2/c1-7-10(12-7)9(11)8-5-3-2-4-6-8/h2-7,10H,1H3/t7-,10+/m1/s1. The maximum Gasteiger partial charge on any atom is 0.194 e. The molecule has 1 fully saturated rings. The first kappa shape index (κ1) is 7.50. The normalized spacial score (nSPS) is 26.8. The molecular weight excluding hydrogens is 152 g/mol. The second kappa shape index (κ2) is 2.72. The molecular formula is C10H10O2. The zero-order chi connectivity index (χ0) is 8.55. The predicted octanol–water partition coefficient (Wildman–Crippen LogP) is 1.66. The van der Waals surface area contributed by atoms with Crippen LogP contribution in [0, 0.1) is 0 Å². The van der Waals surface area contributed by atoms with Crippen LogP contribution < -0.4 is 0 Å². The van der Waals surface area contributed by atoms with Gasteiger partial charge in [-0.15, -0.1) is 0 Å². The van der Waals surface area contributed by atoms with Gasteiger partial charge in [0.25, 0.3) is 0 Å². The maximum atomic E-state index is 11.5. The van der Waals surface area contributed by atoms with Crippen molar-refractivity contribution in [2.45, 2.75) is 19.1 Å². The molecule has 0 bridgehead atoms. The Balaban J connectivity index is 2.16. The monoisotopic (exact) mass is 162 g/mol. The van der Waals surface area contributed by atoms with E-state index in [-0.39, 0.29) is 18.0 Å². The number of epoxide rings is 1. The lowest BCUT2D eigenvalue weighted by Crippen LogP contribution is -2.08. The molecule has 1 heterocycles. The minimum Gasteiger partial charge on any atom is -0.361 e. The molecule has 2 heteroatoms. The van der Waals surface area contributed by atoms with Crippen LogP contribution in [-0.2, 0) is 4.74 Å². The molecule has 0 unspecified atom stereocenters. The van der Waals surface area contributed by atoms with Gasteiger partial charge in [0, 0.05) is 5.56 Å². The van der Waals surface area contributed by atoms with E-state index in [2.05, 4.69) is 0 Å². The van der Waals surface area contributed by atoms with E-state index >= 15 is 0 Å². The molecule has 2 rings (SSSR count). The molecule has 62 valence electrons. The van der Waals surface area contributed by atoms with E-state index < -0.39 is 0 Å². The summed E-state index contributed by atoms with van der Waals surface area (Å²) in [6.45, 7) is 1.91. The maximum absolute atomic E-state index is 11.5. The van der Waals surface area contributed by atoms with E-state index in [9.17, 15) is 4.79 Å². The Morgan fingerprint density at radius 3 is 2.42 bits per heavy atom. The van der Waals surface area contributed by atoms with Gasteiger partial charge in [0.15, 0.2) is 5.78 Å². The largest absolute Gasteiger partial charge is 0.361 e. The lowest BCUT2D eigenvalue weighted by atomic mass is 10.1. The Labute approximate surface area is 71.2 Å². The summed E-state index contributed by atoms with van der Waals surface area (Å²) in [5.41, 5.74) is 0.742. The highest BCUT2D eigenvalue weighted by Crippen LogP contribution is 2.24. The van der Waals surface area contributed by atoms with Gasteiger partial charge < -0.3 is 4.74 Å². The van der Waals surface area contributed by atoms with Crippen LogP contribution >= 0.6 is 0 Å². The van der Waals surface area contributed by atoms with Gasteiger partial charge in [0.05, 0.1) is 6.10 Å². The average molecular weight is 162 g/mol. The molecule has 0 spiro atoms. The SMILES string of the molecule is C[C@H]1O[C@@H]1C(=O)c1ccccc1. The summed E-state index contributed by atoms with van der Waals surface area (Å²) >= 11 is 0. The third kappa shape index (κ3) is 1.25. The first-order valence-electron chi connectivity index (χ1n) is 4.04. The Morgan fingerprint density at radius 2 is 1.92 bits per heavy atom. The number of ether oxygens (including phenoxy) is 1. The highest BCUT2D eigenvalue weighted by Gasteiger charge is 2.41. The van der Waals surface area contributed by atoms with Crippen LogP contribution in [-0.4, -0.2) is 18.0 Å². The number of rotatable bonds is 2. The smallest absolute Gasteiger partial charge is 0.194 e. The van der Waals surface area contributed by atoms with Crippen LogP contribution in [0.1, 0.15) is 17.3 Å². The summed E-state index contributed by atoms with van der Waals surface area (Å²) in [5, 5.41) is 0. The van der Waals surface area contributed by atoms with E-state index in [4.69, 9.17) is 4.74 Å². The van der Waals surface area contributed by atoms with Gasteiger partial charge in [0.2, 0.25) is 0 Å². The van der Waals surface area contributed by atoms with Crippen LogP contribution in [0.3, 0.4) is 0 Å². The third-order valence-electron chi connectivity index (χ3n) is 2.03. The van der Waals surface area contributed by atoms with Crippen molar-refractivity contribution in [3.8, 4) is 0 Å². The van der Waals surface area contributed by atoms with Crippen molar-refractivity contribution < 1.29 is 9.53 Å². The van der Waals surface area contributed by atoms with Crippen LogP contribution in [0.4, 0.5) is 0 Å². The molecule has 1 aromatic carbocycles. The molecule has 0 saturated carbocycles. The second-order valence-corrected chi connectivity index (χ2v) is 2.99. The summed E-state index contributed by atoms with van der Waals surface area (Å²) in [6, 6.07) is 9.25. The van der Waals surface area contributed by atoms with E-state index in [1.165, 1.54) is 0 Å². The number of hydrogen-bond acceptors (Lipinski definition) is 2. The molecule has 12 heavy (non-hydrogen) atoms. The van der Waals surface area contributed by atoms with Gasteiger partial charge in [-0.3, -0.25) is 4.79 Å². The Kier molecular flexibility index (Phi) is 1.70. The van der Waals surface area contributed by atoms with Gasteiger partial charge in [-0.2, -0.15) is 0 Å². The molecule has 0 aromatic heterocycles. The van der Waals surface area contributed by atoms with Crippen molar-refractivity contribution in [3.05, 3.63) is 35.9 Å². The molecule has 0 N–H and O–H groups in total.